The van der Waals surface area contributed by atoms with Crippen LogP contribution in [0.5, 0.6) is 0 Å². The van der Waals surface area contributed by atoms with Gasteiger partial charge in [0.2, 0.25) is 0 Å². The molecule has 0 unspecified atom stereocenters. The smallest absolute Gasteiger partial charge is 0.0947 e. The Morgan fingerprint density at radius 1 is 1.20 bits per heavy atom. The molecule has 20 heavy (non-hydrogen) atoms. The fourth-order valence-electron chi connectivity index (χ4n) is 2.24. The third kappa shape index (κ3) is 2.85. The van der Waals surface area contributed by atoms with E-state index in [0.29, 0.717) is 10.0 Å². The van der Waals surface area contributed by atoms with Gasteiger partial charge >= 0.3 is 0 Å². The quantitative estimate of drug-likeness (QED) is 0.711. The van der Waals surface area contributed by atoms with Crippen LogP contribution in [0.3, 0.4) is 0 Å². The molecule has 0 bridgehead atoms. The lowest BCUT2D eigenvalue weighted by Crippen LogP contribution is -2.18. The third-order valence-electron chi connectivity index (χ3n) is 3.24. The second-order valence-corrected chi connectivity index (χ2v) is 5.48. The van der Waals surface area contributed by atoms with Crippen LogP contribution in [0.25, 0.3) is 10.9 Å². The molecule has 2 aromatic heterocycles. The molecule has 0 saturated heterocycles. The maximum absolute atomic E-state index is 6.18. The number of benzene rings is 1. The molecule has 5 heteroatoms. The minimum atomic E-state index is 0.661. The van der Waals surface area contributed by atoms with Crippen LogP contribution in [0.1, 0.15) is 5.56 Å². The predicted molar refractivity (Wildman–Crippen MR) is 82.4 cm³/mol. The summed E-state index contributed by atoms with van der Waals surface area (Å²) in [7, 11) is 0. The number of hydrogen-bond donors (Lipinski definition) is 1. The van der Waals surface area contributed by atoms with Gasteiger partial charge in [0.05, 0.1) is 23.1 Å². The van der Waals surface area contributed by atoms with Crippen molar-refractivity contribution in [3.8, 4) is 0 Å². The topological polar surface area (TPSA) is 30.1 Å². The highest BCUT2D eigenvalue weighted by molar-refractivity contribution is 6.38. The van der Waals surface area contributed by atoms with Crippen LogP contribution in [-0.2, 0) is 13.1 Å². The number of nitrogens with one attached hydrogen (secondary N) is 1. The van der Waals surface area contributed by atoms with Gasteiger partial charge in [-0.15, -0.1) is 0 Å². The normalized spacial score (nSPS) is 11.3. The summed E-state index contributed by atoms with van der Waals surface area (Å²) in [6.45, 7) is 2.52. The van der Waals surface area contributed by atoms with E-state index < -0.39 is 0 Å². The molecular formula is C15H14Cl2N2O. The summed E-state index contributed by atoms with van der Waals surface area (Å²) in [5.41, 5.74) is 2.21. The maximum Gasteiger partial charge on any atom is 0.0947 e. The molecule has 0 spiro atoms. The Labute approximate surface area is 127 Å². The van der Waals surface area contributed by atoms with E-state index in [4.69, 9.17) is 27.6 Å². The first kappa shape index (κ1) is 13.6. The first-order chi connectivity index (χ1) is 9.74. The number of nitrogens with zero attached hydrogens (tertiary/aromatic N) is 1. The number of aromatic nitrogens is 1. The third-order valence-corrected chi connectivity index (χ3v) is 3.77. The summed E-state index contributed by atoms with van der Waals surface area (Å²) in [5, 5.41) is 5.76. The van der Waals surface area contributed by atoms with Crippen molar-refractivity contribution < 1.29 is 4.42 Å². The van der Waals surface area contributed by atoms with Gasteiger partial charge in [-0.05, 0) is 24.3 Å². The van der Waals surface area contributed by atoms with Crippen molar-refractivity contribution in [3.63, 3.8) is 0 Å². The van der Waals surface area contributed by atoms with Gasteiger partial charge in [-0.1, -0.05) is 23.2 Å². The van der Waals surface area contributed by atoms with Gasteiger partial charge in [-0.25, -0.2) is 0 Å². The Balaban J connectivity index is 1.65. The van der Waals surface area contributed by atoms with E-state index in [2.05, 4.69) is 9.88 Å². The van der Waals surface area contributed by atoms with Gasteiger partial charge in [-0.2, -0.15) is 0 Å². The van der Waals surface area contributed by atoms with E-state index in [9.17, 15) is 0 Å². The van der Waals surface area contributed by atoms with Crippen LogP contribution in [-0.4, -0.2) is 11.1 Å². The monoisotopic (exact) mass is 308 g/mol. The Kier molecular flexibility index (Phi) is 4.01. The lowest BCUT2D eigenvalue weighted by atomic mass is 10.2. The highest BCUT2D eigenvalue weighted by Crippen LogP contribution is 2.28. The minimum Gasteiger partial charge on any atom is -0.472 e. The van der Waals surface area contributed by atoms with Gasteiger partial charge in [0.1, 0.15) is 0 Å². The second kappa shape index (κ2) is 5.92. The number of halogens is 2. The molecule has 0 fully saturated rings. The lowest BCUT2D eigenvalue weighted by Gasteiger charge is -2.07. The first-order valence-corrected chi connectivity index (χ1v) is 7.15. The molecule has 3 aromatic rings. The molecule has 0 aliphatic carbocycles. The van der Waals surface area contributed by atoms with Gasteiger partial charge < -0.3 is 14.3 Å². The molecule has 3 rings (SSSR count). The SMILES string of the molecule is Clc1cc(Cl)c2ccn(CCNCc3ccoc3)c2c1. The molecule has 0 radical (unpaired) electrons. The van der Waals surface area contributed by atoms with Gasteiger partial charge in [0, 0.05) is 41.8 Å². The molecule has 3 nitrogen and oxygen atoms in total. The second-order valence-electron chi connectivity index (χ2n) is 4.64. The molecule has 1 aromatic carbocycles. The molecule has 2 heterocycles. The molecule has 104 valence electrons. The highest BCUT2D eigenvalue weighted by Gasteiger charge is 2.06. The zero-order valence-electron chi connectivity index (χ0n) is 10.8. The summed E-state index contributed by atoms with van der Waals surface area (Å²) in [4.78, 5) is 0. The molecular weight excluding hydrogens is 295 g/mol. The average Bonchev–Trinajstić information content (AvgIpc) is 3.04. The van der Waals surface area contributed by atoms with E-state index in [-0.39, 0.29) is 0 Å². The van der Waals surface area contributed by atoms with Crippen LogP contribution in [0.15, 0.2) is 47.4 Å². The standard InChI is InChI=1S/C15H14Cl2N2O/c16-12-7-14(17)13-1-4-19(15(13)8-12)5-3-18-9-11-2-6-20-10-11/h1-2,4,6-8,10,18H,3,5,9H2. The van der Waals surface area contributed by atoms with Crippen molar-refractivity contribution in [3.05, 3.63) is 58.6 Å². The average molecular weight is 309 g/mol. The highest BCUT2D eigenvalue weighted by atomic mass is 35.5. The Morgan fingerprint density at radius 2 is 2.10 bits per heavy atom. The molecule has 0 atom stereocenters. The van der Waals surface area contributed by atoms with Crippen molar-refractivity contribution in [2.45, 2.75) is 13.1 Å². The zero-order chi connectivity index (χ0) is 13.9. The van der Waals surface area contributed by atoms with Crippen molar-refractivity contribution >= 4 is 34.1 Å². The minimum absolute atomic E-state index is 0.661. The number of hydrogen-bond acceptors (Lipinski definition) is 2. The molecule has 1 N–H and O–H groups in total. The Hall–Kier alpha value is -1.42. The molecule has 0 amide bonds. The van der Waals surface area contributed by atoms with E-state index in [1.54, 1.807) is 18.6 Å². The Morgan fingerprint density at radius 3 is 2.90 bits per heavy atom. The van der Waals surface area contributed by atoms with Crippen molar-refractivity contribution in [1.29, 1.82) is 0 Å². The lowest BCUT2D eigenvalue weighted by molar-refractivity contribution is 0.557. The first-order valence-electron chi connectivity index (χ1n) is 6.40. The fourth-order valence-corrected chi connectivity index (χ4v) is 2.78. The summed E-state index contributed by atoms with van der Waals surface area (Å²) in [6, 6.07) is 7.69. The molecule has 0 aliphatic rings. The molecule has 0 saturated carbocycles. The van der Waals surface area contributed by atoms with E-state index in [1.807, 2.05) is 24.4 Å². The summed E-state index contributed by atoms with van der Waals surface area (Å²) >= 11 is 12.2. The van der Waals surface area contributed by atoms with Crippen LogP contribution in [0, 0.1) is 0 Å². The van der Waals surface area contributed by atoms with Crippen molar-refractivity contribution in [2.75, 3.05) is 6.54 Å². The van der Waals surface area contributed by atoms with E-state index >= 15 is 0 Å². The summed E-state index contributed by atoms with van der Waals surface area (Å²) in [6.07, 6.45) is 5.46. The number of rotatable bonds is 5. The summed E-state index contributed by atoms with van der Waals surface area (Å²) in [5.74, 6) is 0. The maximum atomic E-state index is 6.18. The van der Waals surface area contributed by atoms with Crippen LogP contribution >= 0.6 is 23.2 Å². The number of fused-ring (bicyclic) bond motifs is 1. The van der Waals surface area contributed by atoms with E-state index in [1.165, 1.54) is 0 Å². The van der Waals surface area contributed by atoms with E-state index in [0.717, 1.165) is 36.1 Å². The van der Waals surface area contributed by atoms with Crippen LogP contribution < -0.4 is 5.32 Å². The summed E-state index contributed by atoms with van der Waals surface area (Å²) < 4.78 is 7.18. The van der Waals surface area contributed by atoms with Crippen molar-refractivity contribution in [2.24, 2.45) is 0 Å². The van der Waals surface area contributed by atoms with Gasteiger partial charge in [0.25, 0.3) is 0 Å². The van der Waals surface area contributed by atoms with Gasteiger partial charge in [-0.3, -0.25) is 0 Å². The Bertz CT molecular complexity index is 704. The van der Waals surface area contributed by atoms with Crippen LogP contribution in [0.4, 0.5) is 0 Å². The predicted octanol–water partition coefficient (Wildman–Crippen LogP) is 4.33. The molecule has 0 aliphatic heterocycles. The van der Waals surface area contributed by atoms with Gasteiger partial charge in [0.15, 0.2) is 0 Å². The van der Waals surface area contributed by atoms with Crippen molar-refractivity contribution in [1.82, 2.24) is 9.88 Å². The fraction of sp³-hybridized carbons (Fsp3) is 0.200. The largest absolute Gasteiger partial charge is 0.472 e. The van der Waals surface area contributed by atoms with Crippen LogP contribution in [0.2, 0.25) is 10.0 Å². The number of furan rings is 1. The zero-order valence-corrected chi connectivity index (χ0v) is 12.3.